The molecule has 166 valence electrons. The van der Waals surface area contributed by atoms with E-state index in [2.05, 4.69) is 5.10 Å². The third-order valence-corrected chi connectivity index (χ3v) is 5.38. The molecule has 0 radical (unpaired) electrons. The summed E-state index contributed by atoms with van der Waals surface area (Å²) in [7, 11) is 0. The van der Waals surface area contributed by atoms with Crippen LogP contribution in [0.1, 0.15) is 22.3 Å². The van der Waals surface area contributed by atoms with Crippen molar-refractivity contribution in [2.75, 3.05) is 6.61 Å². The molecule has 4 aromatic rings. The van der Waals surface area contributed by atoms with Crippen molar-refractivity contribution in [2.24, 2.45) is 0 Å². The Kier molecular flexibility index (Phi) is 5.38. The first-order valence-electron chi connectivity index (χ1n) is 10.3. The smallest absolute Gasteiger partial charge is 0.416 e. The van der Waals surface area contributed by atoms with E-state index >= 15 is 0 Å². The molecule has 0 saturated carbocycles. The van der Waals surface area contributed by atoms with Crippen molar-refractivity contribution in [3.8, 4) is 17.2 Å². The summed E-state index contributed by atoms with van der Waals surface area (Å²) in [6.07, 6.45) is 0.572. The molecule has 3 aromatic carbocycles. The van der Waals surface area contributed by atoms with Crippen molar-refractivity contribution < 1.29 is 22.6 Å². The van der Waals surface area contributed by atoms with Gasteiger partial charge in [-0.15, -0.1) is 0 Å². The average Bonchev–Trinajstić information content (AvgIpc) is 3.37. The molecule has 0 N–H and O–H groups in total. The molecular formula is C26H19F3N2O2. The molecule has 0 fully saturated rings. The zero-order valence-corrected chi connectivity index (χ0v) is 17.4. The van der Waals surface area contributed by atoms with E-state index in [4.69, 9.17) is 9.47 Å². The highest BCUT2D eigenvalue weighted by Gasteiger charge is 2.32. The molecule has 1 aromatic heterocycles. The Morgan fingerprint density at radius 2 is 1.76 bits per heavy atom. The predicted molar refractivity (Wildman–Crippen MR) is 118 cm³/mol. The Bertz CT molecular complexity index is 1300. The summed E-state index contributed by atoms with van der Waals surface area (Å²) < 4.78 is 53.3. The number of aromatic nitrogens is 2. The summed E-state index contributed by atoms with van der Waals surface area (Å²) in [4.78, 5) is 0. The van der Waals surface area contributed by atoms with Crippen molar-refractivity contribution in [1.82, 2.24) is 9.78 Å². The van der Waals surface area contributed by atoms with Crippen LogP contribution < -0.4 is 9.47 Å². The fourth-order valence-electron chi connectivity index (χ4n) is 3.79. The molecule has 0 spiro atoms. The Morgan fingerprint density at radius 1 is 0.939 bits per heavy atom. The van der Waals surface area contributed by atoms with Crippen LogP contribution in [-0.2, 0) is 12.8 Å². The number of hydrogen-bond donors (Lipinski definition) is 0. The topological polar surface area (TPSA) is 36.3 Å². The molecule has 0 amide bonds. The van der Waals surface area contributed by atoms with E-state index in [1.165, 1.54) is 16.9 Å². The summed E-state index contributed by atoms with van der Waals surface area (Å²) in [5, 5.41) is 4.16. The van der Waals surface area contributed by atoms with E-state index < -0.39 is 11.7 Å². The van der Waals surface area contributed by atoms with Crippen molar-refractivity contribution in [2.45, 2.75) is 12.8 Å². The lowest BCUT2D eigenvalue weighted by molar-refractivity contribution is -0.137. The van der Waals surface area contributed by atoms with E-state index in [-0.39, 0.29) is 0 Å². The van der Waals surface area contributed by atoms with Crippen LogP contribution in [0.25, 0.3) is 11.3 Å². The molecule has 0 unspecified atom stereocenters. The molecule has 0 saturated heterocycles. The Labute approximate surface area is 188 Å². The first-order chi connectivity index (χ1) is 16.0. The number of rotatable bonds is 5. The van der Waals surface area contributed by atoms with E-state index in [1.807, 2.05) is 54.6 Å². The van der Waals surface area contributed by atoms with E-state index in [0.717, 1.165) is 28.8 Å². The zero-order chi connectivity index (χ0) is 22.8. The summed E-state index contributed by atoms with van der Waals surface area (Å²) in [6.45, 7) is 0.717. The highest BCUT2D eigenvalue weighted by molar-refractivity contribution is 5.87. The Balaban J connectivity index is 1.50. The molecule has 2 heterocycles. The second-order valence-corrected chi connectivity index (χ2v) is 7.54. The second kappa shape index (κ2) is 8.50. The first kappa shape index (κ1) is 20.9. The number of fused-ring (bicyclic) bond motifs is 1. The van der Waals surface area contributed by atoms with Crippen LogP contribution in [-0.4, -0.2) is 16.4 Å². The number of nitrogens with zero attached hydrogens (tertiary/aromatic N) is 2. The quantitative estimate of drug-likeness (QED) is 0.360. The standard InChI is InChI=1S/C26H19F3N2O2/c27-26(28,29)19-7-9-22(24(15-19)31-13-4-12-30-31)21-11-14-32-25-16-20(8-10-23(21)25)33-17-18-5-2-1-3-6-18/h1-13,15-16H,14,17H2. The number of ether oxygens (including phenoxy) is 2. The van der Waals surface area contributed by atoms with Gasteiger partial charge in [0, 0.05) is 29.6 Å². The lowest BCUT2D eigenvalue weighted by atomic mass is 9.93. The summed E-state index contributed by atoms with van der Waals surface area (Å²) in [5.74, 6) is 1.27. The van der Waals surface area contributed by atoms with Gasteiger partial charge in [-0.1, -0.05) is 36.4 Å². The van der Waals surface area contributed by atoms with Crippen LogP contribution in [0, 0.1) is 0 Å². The molecule has 0 atom stereocenters. The molecule has 5 rings (SSSR count). The van der Waals surface area contributed by atoms with Crippen LogP contribution >= 0.6 is 0 Å². The van der Waals surface area contributed by atoms with Crippen molar-refractivity contribution >= 4 is 5.57 Å². The van der Waals surface area contributed by atoms with Crippen molar-refractivity contribution in [3.05, 3.63) is 114 Å². The number of alkyl halides is 3. The lowest BCUT2D eigenvalue weighted by Crippen LogP contribution is -2.11. The van der Waals surface area contributed by atoms with Gasteiger partial charge in [0.1, 0.15) is 24.7 Å². The van der Waals surface area contributed by atoms with Crippen LogP contribution in [0.15, 0.2) is 91.3 Å². The minimum atomic E-state index is -4.45. The maximum Gasteiger partial charge on any atom is 0.416 e. The predicted octanol–water partition coefficient (Wildman–Crippen LogP) is 6.29. The summed E-state index contributed by atoms with van der Waals surface area (Å²) in [5.41, 5.74) is 2.86. The molecule has 1 aliphatic rings. The van der Waals surface area contributed by atoms with Crippen LogP contribution in [0.3, 0.4) is 0 Å². The van der Waals surface area contributed by atoms with Gasteiger partial charge in [0.05, 0.1) is 11.3 Å². The molecule has 33 heavy (non-hydrogen) atoms. The van der Waals surface area contributed by atoms with Gasteiger partial charge in [0.15, 0.2) is 0 Å². The summed E-state index contributed by atoms with van der Waals surface area (Å²) in [6, 6.07) is 20.7. The fraction of sp³-hybridized carbons (Fsp3) is 0.115. The van der Waals surface area contributed by atoms with E-state index in [1.54, 1.807) is 12.3 Å². The van der Waals surface area contributed by atoms with Gasteiger partial charge in [-0.3, -0.25) is 0 Å². The highest BCUT2D eigenvalue weighted by atomic mass is 19.4. The normalized spacial score (nSPS) is 13.1. The van der Waals surface area contributed by atoms with Gasteiger partial charge in [0.2, 0.25) is 0 Å². The minimum Gasteiger partial charge on any atom is -0.489 e. The molecule has 0 bridgehead atoms. The lowest BCUT2D eigenvalue weighted by Gasteiger charge is -2.22. The third kappa shape index (κ3) is 4.35. The monoisotopic (exact) mass is 448 g/mol. The maximum absolute atomic E-state index is 13.4. The largest absolute Gasteiger partial charge is 0.489 e. The van der Waals surface area contributed by atoms with Gasteiger partial charge in [-0.25, -0.2) is 4.68 Å². The van der Waals surface area contributed by atoms with Gasteiger partial charge in [-0.05, 0) is 47.5 Å². The molecular weight excluding hydrogens is 429 g/mol. The first-order valence-corrected chi connectivity index (χ1v) is 10.3. The minimum absolute atomic E-state index is 0.296. The second-order valence-electron chi connectivity index (χ2n) is 7.54. The van der Waals surface area contributed by atoms with Gasteiger partial charge >= 0.3 is 6.18 Å². The van der Waals surface area contributed by atoms with Crippen LogP contribution in [0.2, 0.25) is 0 Å². The van der Waals surface area contributed by atoms with Crippen LogP contribution in [0.4, 0.5) is 13.2 Å². The van der Waals surface area contributed by atoms with Crippen LogP contribution in [0.5, 0.6) is 11.5 Å². The number of halogens is 3. The maximum atomic E-state index is 13.4. The molecule has 1 aliphatic heterocycles. The third-order valence-electron chi connectivity index (χ3n) is 5.38. The van der Waals surface area contributed by atoms with E-state index in [0.29, 0.717) is 36.0 Å². The summed E-state index contributed by atoms with van der Waals surface area (Å²) >= 11 is 0. The highest BCUT2D eigenvalue weighted by Crippen LogP contribution is 2.40. The molecule has 4 nitrogen and oxygen atoms in total. The SMILES string of the molecule is FC(F)(F)c1ccc(C2=CCOc3cc(OCc4ccccc4)ccc32)c(-n2cccn2)c1. The number of benzene rings is 3. The van der Waals surface area contributed by atoms with Crippen molar-refractivity contribution in [1.29, 1.82) is 0 Å². The van der Waals surface area contributed by atoms with E-state index in [9.17, 15) is 13.2 Å². The van der Waals surface area contributed by atoms with Gasteiger partial charge in [0.25, 0.3) is 0 Å². The Hall–Kier alpha value is -4.00. The van der Waals surface area contributed by atoms with Gasteiger partial charge in [-0.2, -0.15) is 18.3 Å². The molecule has 7 heteroatoms. The van der Waals surface area contributed by atoms with Crippen molar-refractivity contribution in [3.63, 3.8) is 0 Å². The zero-order valence-electron chi connectivity index (χ0n) is 17.4. The fourth-order valence-corrected chi connectivity index (χ4v) is 3.79. The number of hydrogen-bond acceptors (Lipinski definition) is 3. The van der Waals surface area contributed by atoms with Gasteiger partial charge < -0.3 is 9.47 Å². The average molecular weight is 448 g/mol. The Morgan fingerprint density at radius 3 is 2.52 bits per heavy atom. The molecule has 0 aliphatic carbocycles.